The van der Waals surface area contributed by atoms with Crippen LogP contribution in [0.4, 0.5) is 5.69 Å². The van der Waals surface area contributed by atoms with Gasteiger partial charge in [-0.15, -0.1) is 12.4 Å². The fourth-order valence-corrected chi connectivity index (χ4v) is 2.48. The first-order chi connectivity index (χ1) is 11.1. The number of hydrogen-bond donors (Lipinski definition) is 3. The minimum atomic E-state index is -0.309. The van der Waals surface area contributed by atoms with Crippen molar-refractivity contribution in [3.05, 3.63) is 29.8 Å². The van der Waals surface area contributed by atoms with Crippen molar-refractivity contribution < 1.29 is 14.3 Å². The molecule has 0 unspecified atom stereocenters. The highest BCUT2D eigenvalue weighted by Crippen LogP contribution is 2.11. The van der Waals surface area contributed by atoms with Crippen LogP contribution in [0.2, 0.25) is 0 Å². The highest BCUT2D eigenvalue weighted by molar-refractivity contribution is 5.90. The van der Waals surface area contributed by atoms with Crippen molar-refractivity contribution in [2.24, 2.45) is 0 Å². The monoisotopic (exact) mass is 355 g/mol. The Morgan fingerprint density at radius 3 is 2.62 bits per heavy atom. The molecule has 1 aliphatic rings. The third kappa shape index (κ3) is 6.11. The molecule has 0 spiro atoms. The molecule has 2 atom stereocenters. The predicted molar refractivity (Wildman–Crippen MR) is 96.3 cm³/mol. The molecule has 1 aromatic rings. The highest BCUT2D eigenvalue weighted by atomic mass is 35.5. The zero-order chi connectivity index (χ0) is 16.7. The summed E-state index contributed by atoms with van der Waals surface area (Å²) >= 11 is 0. The first-order valence-electron chi connectivity index (χ1n) is 8.11. The van der Waals surface area contributed by atoms with Crippen LogP contribution >= 0.6 is 12.4 Å². The van der Waals surface area contributed by atoms with Crippen LogP contribution in [0.3, 0.4) is 0 Å². The van der Waals surface area contributed by atoms with E-state index in [-0.39, 0.29) is 36.4 Å². The lowest BCUT2D eigenvalue weighted by Crippen LogP contribution is -2.55. The van der Waals surface area contributed by atoms with E-state index in [1.165, 1.54) is 0 Å². The average Bonchev–Trinajstić information content (AvgIpc) is 2.54. The van der Waals surface area contributed by atoms with Crippen molar-refractivity contribution in [3.8, 4) is 0 Å². The molecule has 0 bridgehead atoms. The van der Waals surface area contributed by atoms with Crippen molar-refractivity contribution in [2.45, 2.75) is 45.4 Å². The van der Waals surface area contributed by atoms with E-state index in [0.29, 0.717) is 26.1 Å². The summed E-state index contributed by atoms with van der Waals surface area (Å²) in [5.41, 5.74) is 1.76. The van der Waals surface area contributed by atoms with Gasteiger partial charge in [-0.05, 0) is 31.0 Å². The number of carbonyl (C=O) groups excluding carboxylic acids is 2. The van der Waals surface area contributed by atoms with Crippen molar-refractivity contribution in [2.75, 3.05) is 18.5 Å². The number of rotatable bonds is 6. The molecule has 134 valence electrons. The van der Waals surface area contributed by atoms with Crippen LogP contribution in [0.25, 0.3) is 0 Å². The first kappa shape index (κ1) is 20.4. The van der Waals surface area contributed by atoms with Crippen molar-refractivity contribution >= 4 is 29.9 Å². The second kappa shape index (κ2) is 10.3. The van der Waals surface area contributed by atoms with E-state index in [1.54, 1.807) is 0 Å². The summed E-state index contributed by atoms with van der Waals surface area (Å²) in [7, 11) is 0. The van der Waals surface area contributed by atoms with Crippen LogP contribution < -0.4 is 16.0 Å². The molecular weight excluding hydrogens is 330 g/mol. The molecule has 6 nitrogen and oxygen atoms in total. The summed E-state index contributed by atoms with van der Waals surface area (Å²) in [4.78, 5) is 23.7. The smallest absolute Gasteiger partial charge is 0.240 e. The van der Waals surface area contributed by atoms with Gasteiger partial charge in [0.25, 0.3) is 0 Å². The maximum Gasteiger partial charge on any atom is 0.240 e. The van der Waals surface area contributed by atoms with Gasteiger partial charge in [0, 0.05) is 25.2 Å². The molecule has 1 heterocycles. The van der Waals surface area contributed by atoms with Gasteiger partial charge in [-0.1, -0.05) is 19.1 Å². The van der Waals surface area contributed by atoms with Crippen LogP contribution in [-0.2, 0) is 20.9 Å². The Kier molecular flexibility index (Phi) is 8.74. The lowest BCUT2D eigenvalue weighted by atomic mass is 10.1. The largest absolute Gasteiger partial charge is 0.375 e. The van der Waals surface area contributed by atoms with E-state index in [9.17, 15) is 9.59 Å². The van der Waals surface area contributed by atoms with Crippen molar-refractivity contribution in [1.82, 2.24) is 10.6 Å². The van der Waals surface area contributed by atoms with E-state index in [2.05, 4.69) is 16.0 Å². The fraction of sp³-hybridized carbons (Fsp3) is 0.529. The molecule has 0 saturated carbocycles. The minimum Gasteiger partial charge on any atom is -0.375 e. The third-order valence-corrected chi connectivity index (χ3v) is 3.78. The standard InChI is InChI=1S/C17H25N3O3.ClH/c1-3-4-15(21)20-14-7-5-13(6-8-14)11-19-17(22)16-12(2)23-10-9-18-16;/h5-8,12,16,18H,3-4,9-11H2,1-2H3,(H,19,22)(H,20,21);1H/t12-,16+;/m1./s1. The van der Waals surface area contributed by atoms with Gasteiger partial charge in [0.2, 0.25) is 11.8 Å². The van der Waals surface area contributed by atoms with E-state index >= 15 is 0 Å². The molecule has 24 heavy (non-hydrogen) atoms. The number of halogens is 1. The molecule has 2 amide bonds. The predicted octanol–water partition coefficient (Wildman–Crippen LogP) is 1.84. The van der Waals surface area contributed by atoms with Crippen LogP contribution in [0.1, 0.15) is 32.3 Å². The van der Waals surface area contributed by atoms with Crippen LogP contribution in [0.5, 0.6) is 0 Å². The second-order valence-electron chi connectivity index (χ2n) is 5.72. The van der Waals surface area contributed by atoms with E-state index in [0.717, 1.165) is 17.7 Å². The zero-order valence-electron chi connectivity index (χ0n) is 14.1. The molecule has 1 aliphatic heterocycles. The number of ether oxygens (including phenoxy) is 1. The molecule has 0 radical (unpaired) electrons. The lowest BCUT2D eigenvalue weighted by molar-refractivity contribution is -0.129. The lowest BCUT2D eigenvalue weighted by Gasteiger charge is -2.29. The average molecular weight is 356 g/mol. The molecule has 0 aromatic heterocycles. The highest BCUT2D eigenvalue weighted by Gasteiger charge is 2.27. The van der Waals surface area contributed by atoms with Gasteiger partial charge in [-0.25, -0.2) is 0 Å². The molecule has 0 aliphatic carbocycles. The molecular formula is C17H26ClN3O3. The topological polar surface area (TPSA) is 79.5 Å². The Morgan fingerprint density at radius 2 is 2.00 bits per heavy atom. The maximum absolute atomic E-state index is 12.2. The minimum absolute atomic E-state index is 0. The number of carbonyl (C=O) groups is 2. The Balaban J connectivity index is 0.00000288. The summed E-state index contributed by atoms with van der Waals surface area (Å²) in [5, 5.41) is 8.91. The van der Waals surface area contributed by atoms with Gasteiger partial charge in [0.05, 0.1) is 12.7 Å². The molecule has 1 aromatic carbocycles. The molecule has 2 rings (SSSR count). The number of anilines is 1. The summed E-state index contributed by atoms with van der Waals surface area (Å²) in [5.74, 6) is -0.0385. The SMILES string of the molecule is CCCC(=O)Nc1ccc(CNC(=O)[C@H]2NCCO[C@@H]2C)cc1.Cl. The Labute approximate surface area is 149 Å². The fourth-order valence-electron chi connectivity index (χ4n) is 2.48. The van der Waals surface area contributed by atoms with Crippen molar-refractivity contribution in [1.29, 1.82) is 0 Å². The number of hydrogen-bond acceptors (Lipinski definition) is 4. The number of nitrogens with one attached hydrogen (secondary N) is 3. The first-order valence-corrected chi connectivity index (χ1v) is 8.11. The summed E-state index contributed by atoms with van der Waals surface area (Å²) in [6.45, 7) is 5.64. The third-order valence-electron chi connectivity index (χ3n) is 3.78. The van der Waals surface area contributed by atoms with Gasteiger partial charge in [-0.3, -0.25) is 9.59 Å². The van der Waals surface area contributed by atoms with Gasteiger partial charge in [-0.2, -0.15) is 0 Å². The Bertz CT molecular complexity index is 536. The second-order valence-corrected chi connectivity index (χ2v) is 5.72. The van der Waals surface area contributed by atoms with Crippen LogP contribution in [0, 0.1) is 0 Å². The van der Waals surface area contributed by atoms with Gasteiger partial charge in [0.1, 0.15) is 6.04 Å². The number of benzene rings is 1. The number of morpholine rings is 1. The van der Waals surface area contributed by atoms with Crippen LogP contribution in [-0.4, -0.2) is 37.1 Å². The van der Waals surface area contributed by atoms with Gasteiger partial charge < -0.3 is 20.7 Å². The van der Waals surface area contributed by atoms with E-state index in [1.807, 2.05) is 38.1 Å². The summed E-state index contributed by atoms with van der Waals surface area (Å²) < 4.78 is 5.47. The number of amides is 2. The van der Waals surface area contributed by atoms with E-state index in [4.69, 9.17) is 4.74 Å². The normalized spacial score (nSPS) is 19.9. The van der Waals surface area contributed by atoms with Gasteiger partial charge in [0.15, 0.2) is 0 Å². The summed E-state index contributed by atoms with van der Waals surface area (Å²) in [6, 6.07) is 7.18. The molecule has 1 saturated heterocycles. The van der Waals surface area contributed by atoms with E-state index < -0.39 is 0 Å². The Hall–Kier alpha value is -1.63. The molecule has 7 heteroatoms. The molecule has 3 N–H and O–H groups in total. The Morgan fingerprint density at radius 1 is 1.29 bits per heavy atom. The maximum atomic E-state index is 12.2. The van der Waals surface area contributed by atoms with Gasteiger partial charge >= 0.3 is 0 Å². The molecule has 1 fully saturated rings. The zero-order valence-corrected chi connectivity index (χ0v) is 14.9. The van der Waals surface area contributed by atoms with Crippen molar-refractivity contribution in [3.63, 3.8) is 0 Å². The summed E-state index contributed by atoms with van der Waals surface area (Å²) in [6.07, 6.45) is 1.22. The quantitative estimate of drug-likeness (QED) is 0.727. The van der Waals surface area contributed by atoms with Crippen LogP contribution in [0.15, 0.2) is 24.3 Å².